The highest BCUT2D eigenvalue weighted by atomic mass is 35.5. The number of nitrogens with zero attached hydrogens (tertiary/aromatic N) is 3. The maximum atomic E-state index is 11.5. The Hall–Kier alpha value is -2.40. The van der Waals surface area contributed by atoms with Crippen LogP contribution in [0.4, 0.5) is 0 Å². The number of rotatable bonds is 3. The molecule has 0 bridgehead atoms. The Kier molecular flexibility index (Phi) is 3.58. The van der Waals surface area contributed by atoms with Gasteiger partial charge in [0, 0.05) is 5.39 Å². The van der Waals surface area contributed by atoms with E-state index in [-0.39, 0.29) is 5.56 Å². The number of fused-ring (bicyclic) bond motifs is 1. The molecule has 6 heteroatoms. The van der Waals surface area contributed by atoms with Gasteiger partial charge in [0.1, 0.15) is 0 Å². The molecule has 0 saturated heterocycles. The molecule has 2 aromatic heterocycles. The molecule has 2 heterocycles. The number of carbonyl (C=O) groups is 1. The van der Waals surface area contributed by atoms with Gasteiger partial charge in [-0.15, -0.1) is 0 Å². The molecule has 5 nitrogen and oxygen atoms in total. The molecule has 3 aromatic rings. The molecule has 1 aromatic carbocycles. The molecule has 0 aliphatic carbocycles. The van der Waals surface area contributed by atoms with Crippen molar-refractivity contribution < 1.29 is 9.90 Å². The van der Waals surface area contributed by atoms with Crippen LogP contribution < -0.4 is 0 Å². The van der Waals surface area contributed by atoms with Crippen LogP contribution in [0.3, 0.4) is 0 Å². The first-order valence-corrected chi connectivity index (χ1v) is 7.16. The molecule has 22 heavy (non-hydrogen) atoms. The fraction of sp³-hybridized carbons (Fsp3) is 0.188. The van der Waals surface area contributed by atoms with Crippen molar-refractivity contribution in [3.05, 3.63) is 58.0 Å². The summed E-state index contributed by atoms with van der Waals surface area (Å²) in [7, 11) is 0. The van der Waals surface area contributed by atoms with Gasteiger partial charge >= 0.3 is 5.97 Å². The molecule has 0 spiro atoms. The van der Waals surface area contributed by atoms with E-state index in [1.807, 2.05) is 19.9 Å². The summed E-state index contributed by atoms with van der Waals surface area (Å²) in [5.74, 6) is -0.966. The quantitative estimate of drug-likeness (QED) is 0.803. The van der Waals surface area contributed by atoms with E-state index in [0.29, 0.717) is 28.2 Å². The van der Waals surface area contributed by atoms with E-state index < -0.39 is 5.97 Å². The monoisotopic (exact) mass is 315 g/mol. The number of pyridine rings is 1. The number of halogens is 1. The van der Waals surface area contributed by atoms with Crippen molar-refractivity contribution in [3.63, 3.8) is 0 Å². The number of aromatic nitrogens is 3. The van der Waals surface area contributed by atoms with Gasteiger partial charge in [-0.25, -0.2) is 4.79 Å². The summed E-state index contributed by atoms with van der Waals surface area (Å²) < 4.78 is 1.74. The summed E-state index contributed by atoms with van der Waals surface area (Å²) in [5, 5.41) is 15.0. The van der Waals surface area contributed by atoms with Gasteiger partial charge in [0.15, 0.2) is 0 Å². The summed E-state index contributed by atoms with van der Waals surface area (Å²) in [4.78, 5) is 16.0. The number of benzene rings is 1. The highest BCUT2D eigenvalue weighted by Crippen LogP contribution is 2.22. The van der Waals surface area contributed by atoms with Crippen molar-refractivity contribution in [3.8, 4) is 0 Å². The Bertz CT molecular complexity index is 886. The molecule has 112 valence electrons. The third-order valence-electron chi connectivity index (χ3n) is 3.60. The molecule has 3 rings (SSSR count). The van der Waals surface area contributed by atoms with E-state index in [4.69, 9.17) is 11.6 Å². The van der Waals surface area contributed by atoms with Crippen LogP contribution in [0, 0.1) is 13.8 Å². The van der Waals surface area contributed by atoms with Crippen molar-refractivity contribution in [2.45, 2.75) is 20.4 Å². The van der Waals surface area contributed by atoms with Gasteiger partial charge in [-0.1, -0.05) is 29.8 Å². The molecule has 0 radical (unpaired) electrons. The number of aromatic carboxylic acids is 1. The van der Waals surface area contributed by atoms with Crippen LogP contribution in [-0.2, 0) is 6.54 Å². The lowest BCUT2D eigenvalue weighted by Gasteiger charge is -2.08. The predicted molar refractivity (Wildman–Crippen MR) is 84.5 cm³/mol. The number of carboxylic acids is 1. The van der Waals surface area contributed by atoms with E-state index in [1.54, 1.807) is 28.9 Å². The molecule has 1 N–H and O–H groups in total. The lowest BCUT2D eigenvalue weighted by atomic mass is 10.1. The largest absolute Gasteiger partial charge is 0.478 e. The van der Waals surface area contributed by atoms with Crippen molar-refractivity contribution in [1.29, 1.82) is 0 Å². The summed E-state index contributed by atoms with van der Waals surface area (Å²) >= 11 is 6.14. The Morgan fingerprint density at radius 1 is 1.32 bits per heavy atom. The molecular formula is C16H14ClN3O2. The van der Waals surface area contributed by atoms with Gasteiger partial charge in [0.2, 0.25) is 0 Å². The predicted octanol–water partition coefficient (Wildman–Crippen LogP) is 3.45. The SMILES string of the molecule is Cc1nn(Cc2cc(C(=O)O)c3ccccc3n2)c(C)c1Cl. The van der Waals surface area contributed by atoms with Gasteiger partial charge in [-0.2, -0.15) is 5.10 Å². The van der Waals surface area contributed by atoms with Crippen LogP contribution in [0.5, 0.6) is 0 Å². The zero-order chi connectivity index (χ0) is 15.9. The third kappa shape index (κ3) is 2.44. The van der Waals surface area contributed by atoms with Crippen LogP contribution >= 0.6 is 11.6 Å². The van der Waals surface area contributed by atoms with E-state index in [9.17, 15) is 9.90 Å². The topological polar surface area (TPSA) is 68.0 Å². The zero-order valence-corrected chi connectivity index (χ0v) is 12.9. The van der Waals surface area contributed by atoms with Gasteiger partial charge in [-0.05, 0) is 26.0 Å². The number of para-hydroxylation sites is 1. The lowest BCUT2D eigenvalue weighted by Crippen LogP contribution is -2.08. The first kappa shape index (κ1) is 14.5. The summed E-state index contributed by atoms with van der Waals surface area (Å²) in [6.45, 7) is 4.09. The highest BCUT2D eigenvalue weighted by molar-refractivity contribution is 6.31. The van der Waals surface area contributed by atoms with Crippen LogP contribution in [0.25, 0.3) is 10.9 Å². The molecule has 0 atom stereocenters. The molecule has 0 aliphatic heterocycles. The smallest absolute Gasteiger partial charge is 0.336 e. The van der Waals surface area contributed by atoms with Gasteiger partial charge < -0.3 is 5.11 Å². The van der Waals surface area contributed by atoms with E-state index >= 15 is 0 Å². The third-order valence-corrected chi connectivity index (χ3v) is 4.15. The molecule has 0 fully saturated rings. The number of aryl methyl sites for hydroxylation is 1. The normalized spacial score (nSPS) is 11.0. The second kappa shape index (κ2) is 5.42. The number of hydrogen-bond donors (Lipinski definition) is 1. The van der Waals surface area contributed by atoms with Gasteiger partial charge in [-0.3, -0.25) is 9.67 Å². The van der Waals surface area contributed by atoms with Crippen molar-refractivity contribution >= 4 is 28.5 Å². The minimum absolute atomic E-state index is 0.244. The average molecular weight is 316 g/mol. The standard InChI is InChI=1S/C16H14ClN3O2/c1-9-15(17)10(2)20(19-9)8-11-7-13(16(21)22)12-5-3-4-6-14(12)18-11/h3-7H,8H2,1-2H3,(H,21,22). The van der Waals surface area contributed by atoms with Crippen LogP contribution in [0.1, 0.15) is 27.4 Å². The van der Waals surface area contributed by atoms with E-state index in [2.05, 4.69) is 10.1 Å². The van der Waals surface area contributed by atoms with E-state index in [1.165, 1.54) is 0 Å². The minimum atomic E-state index is -0.966. The summed E-state index contributed by atoms with van der Waals surface area (Å²) in [5.41, 5.74) is 3.13. The molecular weight excluding hydrogens is 302 g/mol. The highest BCUT2D eigenvalue weighted by Gasteiger charge is 2.14. The maximum absolute atomic E-state index is 11.5. The van der Waals surface area contributed by atoms with Crippen molar-refractivity contribution in [2.75, 3.05) is 0 Å². The Morgan fingerprint density at radius 2 is 2.05 bits per heavy atom. The first-order valence-electron chi connectivity index (χ1n) is 6.79. The Labute approximate surface area is 132 Å². The number of carboxylic acid groups (broad SMARTS) is 1. The first-order chi connectivity index (χ1) is 10.5. The minimum Gasteiger partial charge on any atom is -0.478 e. The molecule has 0 amide bonds. The average Bonchev–Trinajstić information content (AvgIpc) is 2.73. The fourth-order valence-corrected chi connectivity index (χ4v) is 2.61. The van der Waals surface area contributed by atoms with Crippen molar-refractivity contribution in [1.82, 2.24) is 14.8 Å². The molecule has 0 unspecified atom stereocenters. The Balaban J connectivity index is 2.11. The van der Waals surface area contributed by atoms with Crippen molar-refractivity contribution in [2.24, 2.45) is 0 Å². The molecule has 0 saturated carbocycles. The maximum Gasteiger partial charge on any atom is 0.336 e. The summed E-state index contributed by atoms with van der Waals surface area (Å²) in [6, 6.07) is 8.80. The van der Waals surface area contributed by atoms with Gasteiger partial charge in [0.05, 0.1) is 39.7 Å². The lowest BCUT2D eigenvalue weighted by molar-refractivity contribution is 0.0699. The molecule has 0 aliphatic rings. The van der Waals surface area contributed by atoms with Crippen LogP contribution in [0.2, 0.25) is 5.02 Å². The second-order valence-electron chi connectivity index (χ2n) is 5.13. The van der Waals surface area contributed by atoms with Crippen LogP contribution in [0.15, 0.2) is 30.3 Å². The Morgan fingerprint density at radius 3 is 2.68 bits per heavy atom. The van der Waals surface area contributed by atoms with Crippen LogP contribution in [-0.4, -0.2) is 25.8 Å². The fourth-order valence-electron chi connectivity index (χ4n) is 2.47. The second-order valence-corrected chi connectivity index (χ2v) is 5.50. The van der Waals surface area contributed by atoms with E-state index in [0.717, 1.165) is 11.4 Å². The summed E-state index contributed by atoms with van der Waals surface area (Å²) in [6.07, 6.45) is 0. The number of hydrogen-bond acceptors (Lipinski definition) is 3. The van der Waals surface area contributed by atoms with Gasteiger partial charge in [0.25, 0.3) is 0 Å². The zero-order valence-electron chi connectivity index (χ0n) is 12.2.